The molecular weight excluding hydrogens is 304 g/mol. The third-order valence-electron chi connectivity index (χ3n) is 3.07. The Kier molecular flexibility index (Phi) is 7.49. The number of hydrogen-bond acceptors (Lipinski definition) is 4. The second-order valence-corrected chi connectivity index (χ2v) is 4.55. The predicted molar refractivity (Wildman–Crippen MR) is 87.5 cm³/mol. The molecule has 0 radical (unpaired) electrons. The number of nitrogens with one attached hydrogen (secondary N) is 1. The van der Waals surface area contributed by atoms with Crippen molar-refractivity contribution in [1.82, 2.24) is 5.32 Å². The number of carbonyl (C=O) groups excluding carboxylic acids is 1. The summed E-state index contributed by atoms with van der Waals surface area (Å²) in [6, 6.07) is 9.49. The van der Waals surface area contributed by atoms with Gasteiger partial charge in [0.25, 0.3) is 5.91 Å². The van der Waals surface area contributed by atoms with E-state index in [1.165, 1.54) is 6.26 Å². The Labute approximate surface area is 136 Å². The average molecular weight is 325 g/mol. The molecule has 3 N–H and O–H groups in total. The number of hydrogen-bond donors (Lipinski definition) is 2. The molecule has 120 valence electrons. The zero-order valence-electron chi connectivity index (χ0n) is 12.5. The molecule has 6 heteroatoms. The lowest BCUT2D eigenvalue weighted by molar-refractivity contribution is 0.0953. The number of ether oxygens (including phenoxy) is 1. The zero-order valence-corrected chi connectivity index (χ0v) is 13.3. The van der Waals surface area contributed by atoms with Gasteiger partial charge in [-0.2, -0.15) is 0 Å². The average Bonchev–Trinajstić information content (AvgIpc) is 2.98. The molecule has 22 heavy (non-hydrogen) atoms. The summed E-state index contributed by atoms with van der Waals surface area (Å²) in [5.74, 6) is 1.30. The smallest absolute Gasteiger partial charge is 0.254 e. The number of nitrogens with two attached hydrogens (primary N) is 1. The summed E-state index contributed by atoms with van der Waals surface area (Å²) in [4.78, 5) is 11.9. The van der Waals surface area contributed by atoms with E-state index < -0.39 is 0 Å². The molecule has 0 aliphatic carbocycles. The molecule has 0 atom stereocenters. The third kappa shape index (κ3) is 4.79. The first kappa shape index (κ1) is 18.1. The Hall–Kier alpha value is -1.98. The number of amides is 1. The van der Waals surface area contributed by atoms with E-state index in [-0.39, 0.29) is 24.9 Å². The minimum absolute atomic E-state index is 0. The molecular formula is C16H21ClN2O3. The summed E-state index contributed by atoms with van der Waals surface area (Å²) in [5, 5.41) is 2.86. The zero-order chi connectivity index (χ0) is 15.1. The molecule has 1 heterocycles. The molecule has 0 spiro atoms. The Morgan fingerprint density at radius 1 is 1.36 bits per heavy atom. The Balaban J connectivity index is 0.00000242. The lowest BCUT2D eigenvalue weighted by Gasteiger charge is -2.10. The number of furan rings is 1. The van der Waals surface area contributed by atoms with Gasteiger partial charge < -0.3 is 20.2 Å². The van der Waals surface area contributed by atoms with Crippen LogP contribution in [0.3, 0.4) is 0 Å². The lowest BCUT2D eigenvalue weighted by Crippen LogP contribution is -2.25. The minimum atomic E-state index is -0.160. The number of carbonyl (C=O) groups is 1. The lowest BCUT2D eigenvalue weighted by atomic mass is 10.1. The Morgan fingerprint density at radius 2 is 2.14 bits per heavy atom. The molecule has 0 bridgehead atoms. The van der Waals surface area contributed by atoms with Crippen LogP contribution < -0.4 is 15.8 Å². The van der Waals surface area contributed by atoms with Gasteiger partial charge in [-0.15, -0.1) is 12.4 Å². The molecule has 2 rings (SSSR count). The number of benzene rings is 1. The molecule has 0 saturated carbocycles. The van der Waals surface area contributed by atoms with E-state index in [2.05, 4.69) is 5.32 Å². The SMILES string of the molecule is CCOc1ccccc1CCNC(=O)c1coc(CN)c1.Cl. The van der Waals surface area contributed by atoms with E-state index in [1.807, 2.05) is 31.2 Å². The fourth-order valence-corrected chi connectivity index (χ4v) is 2.03. The fourth-order valence-electron chi connectivity index (χ4n) is 2.03. The normalized spacial score (nSPS) is 9.91. The number of para-hydroxylation sites is 1. The van der Waals surface area contributed by atoms with Gasteiger partial charge in [-0.3, -0.25) is 4.79 Å². The molecule has 0 aliphatic heterocycles. The van der Waals surface area contributed by atoms with E-state index in [1.54, 1.807) is 6.07 Å². The van der Waals surface area contributed by atoms with Gasteiger partial charge in [0, 0.05) is 6.54 Å². The summed E-state index contributed by atoms with van der Waals surface area (Å²) >= 11 is 0. The quantitative estimate of drug-likeness (QED) is 0.820. The van der Waals surface area contributed by atoms with Crippen molar-refractivity contribution < 1.29 is 13.9 Å². The van der Waals surface area contributed by atoms with E-state index in [0.717, 1.165) is 11.3 Å². The first-order valence-corrected chi connectivity index (χ1v) is 7.01. The van der Waals surface area contributed by atoms with Crippen molar-refractivity contribution in [1.29, 1.82) is 0 Å². The standard InChI is InChI=1S/C16H20N2O3.ClH/c1-2-20-15-6-4-3-5-12(15)7-8-18-16(19)13-9-14(10-17)21-11-13;/h3-6,9,11H,2,7-8,10,17H2,1H3,(H,18,19);1H. The molecule has 2 aromatic rings. The third-order valence-corrected chi connectivity index (χ3v) is 3.07. The molecule has 1 amide bonds. The maximum Gasteiger partial charge on any atom is 0.254 e. The van der Waals surface area contributed by atoms with E-state index in [4.69, 9.17) is 14.9 Å². The summed E-state index contributed by atoms with van der Waals surface area (Å²) in [6.45, 7) is 3.40. The molecule has 0 saturated heterocycles. The summed E-state index contributed by atoms with van der Waals surface area (Å²) in [7, 11) is 0. The molecule has 0 aliphatic rings. The molecule has 0 unspecified atom stereocenters. The van der Waals surface area contributed by atoms with Gasteiger partial charge in [0.1, 0.15) is 17.8 Å². The molecule has 0 fully saturated rings. The highest BCUT2D eigenvalue weighted by Gasteiger charge is 2.09. The highest BCUT2D eigenvalue weighted by molar-refractivity contribution is 5.93. The Bertz CT molecular complexity index is 599. The highest BCUT2D eigenvalue weighted by atomic mass is 35.5. The second kappa shape index (κ2) is 9.12. The van der Waals surface area contributed by atoms with E-state index in [0.29, 0.717) is 30.9 Å². The van der Waals surface area contributed by atoms with Crippen LogP contribution in [-0.2, 0) is 13.0 Å². The highest BCUT2D eigenvalue weighted by Crippen LogP contribution is 2.18. The first-order valence-electron chi connectivity index (χ1n) is 7.01. The predicted octanol–water partition coefficient (Wildman–Crippen LogP) is 2.53. The van der Waals surface area contributed by atoms with Crippen molar-refractivity contribution >= 4 is 18.3 Å². The van der Waals surface area contributed by atoms with Gasteiger partial charge in [0.2, 0.25) is 0 Å². The second-order valence-electron chi connectivity index (χ2n) is 4.55. The van der Waals surface area contributed by atoms with Gasteiger partial charge in [-0.25, -0.2) is 0 Å². The van der Waals surface area contributed by atoms with E-state index in [9.17, 15) is 4.79 Å². The maximum atomic E-state index is 11.9. The van der Waals surface area contributed by atoms with Crippen LogP contribution in [0.2, 0.25) is 0 Å². The first-order chi connectivity index (χ1) is 10.2. The topological polar surface area (TPSA) is 77.5 Å². The van der Waals surface area contributed by atoms with Gasteiger partial charge in [-0.05, 0) is 31.0 Å². The fraction of sp³-hybridized carbons (Fsp3) is 0.312. The van der Waals surface area contributed by atoms with Crippen molar-refractivity contribution in [2.24, 2.45) is 5.73 Å². The summed E-state index contributed by atoms with van der Waals surface area (Å²) in [6.07, 6.45) is 2.13. The monoisotopic (exact) mass is 324 g/mol. The van der Waals surface area contributed by atoms with Gasteiger partial charge in [0.05, 0.1) is 18.7 Å². The van der Waals surface area contributed by atoms with Crippen LogP contribution in [0.1, 0.15) is 28.6 Å². The molecule has 1 aromatic carbocycles. The molecule has 1 aromatic heterocycles. The maximum absolute atomic E-state index is 11.9. The van der Waals surface area contributed by atoms with Crippen molar-refractivity contribution in [3.63, 3.8) is 0 Å². The van der Waals surface area contributed by atoms with Crippen LogP contribution in [0.4, 0.5) is 0 Å². The number of halogens is 1. The van der Waals surface area contributed by atoms with Gasteiger partial charge in [0.15, 0.2) is 0 Å². The minimum Gasteiger partial charge on any atom is -0.494 e. The van der Waals surface area contributed by atoms with Crippen molar-refractivity contribution in [3.8, 4) is 5.75 Å². The van der Waals surface area contributed by atoms with Crippen LogP contribution in [0.5, 0.6) is 5.75 Å². The van der Waals surface area contributed by atoms with Crippen molar-refractivity contribution in [3.05, 3.63) is 53.5 Å². The van der Waals surface area contributed by atoms with Gasteiger partial charge in [-0.1, -0.05) is 18.2 Å². The van der Waals surface area contributed by atoms with Crippen LogP contribution >= 0.6 is 12.4 Å². The van der Waals surface area contributed by atoms with Crippen LogP contribution in [-0.4, -0.2) is 19.1 Å². The molecule has 5 nitrogen and oxygen atoms in total. The van der Waals surface area contributed by atoms with Crippen LogP contribution in [0.15, 0.2) is 41.0 Å². The largest absolute Gasteiger partial charge is 0.494 e. The summed E-state index contributed by atoms with van der Waals surface area (Å²) in [5.41, 5.74) is 7.02. The van der Waals surface area contributed by atoms with Crippen molar-refractivity contribution in [2.45, 2.75) is 19.9 Å². The van der Waals surface area contributed by atoms with Gasteiger partial charge >= 0.3 is 0 Å². The number of rotatable bonds is 7. The van der Waals surface area contributed by atoms with Crippen LogP contribution in [0, 0.1) is 0 Å². The Morgan fingerprint density at radius 3 is 2.82 bits per heavy atom. The van der Waals surface area contributed by atoms with E-state index >= 15 is 0 Å². The van der Waals surface area contributed by atoms with Crippen molar-refractivity contribution in [2.75, 3.05) is 13.2 Å². The van der Waals surface area contributed by atoms with Crippen LogP contribution in [0.25, 0.3) is 0 Å². The summed E-state index contributed by atoms with van der Waals surface area (Å²) < 4.78 is 10.7.